The van der Waals surface area contributed by atoms with Crippen LogP contribution in [0.25, 0.3) is 0 Å². The second-order valence-corrected chi connectivity index (χ2v) is 5.32. The van der Waals surface area contributed by atoms with E-state index in [9.17, 15) is 4.79 Å². The summed E-state index contributed by atoms with van der Waals surface area (Å²) in [6.45, 7) is 0. The molecule has 0 spiro atoms. The maximum Gasteiger partial charge on any atom is 0.170 e. The van der Waals surface area contributed by atoms with Crippen LogP contribution >= 0.6 is 11.6 Å². The van der Waals surface area contributed by atoms with Gasteiger partial charge in [-0.05, 0) is 29.8 Å². The van der Waals surface area contributed by atoms with E-state index in [4.69, 9.17) is 26.8 Å². The molecule has 0 radical (unpaired) electrons. The van der Waals surface area contributed by atoms with Crippen LogP contribution in [-0.2, 0) is 0 Å². The van der Waals surface area contributed by atoms with Gasteiger partial charge in [-0.3, -0.25) is 4.79 Å². The van der Waals surface area contributed by atoms with Crippen molar-refractivity contribution >= 4 is 23.1 Å². The summed E-state index contributed by atoms with van der Waals surface area (Å²) in [5, 5.41) is 0.436. The number of nitrogens with two attached hydrogens (primary N) is 1. The van der Waals surface area contributed by atoms with Gasteiger partial charge in [-0.2, -0.15) is 0 Å². The van der Waals surface area contributed by atoms with Gasteiger partial charge in [-0.25, -0.2) is 0 Å². The Morgan fingerprint density at radius 1 is 1.29 bits per heavy atom. The summed E-state index contributed by atoms with van der Waals surface area (Å²) in [5.74, 6) is 1.15. The number of fused-ring (bicyclic) bond motifs is 1. The Hall–Kier alpha value is -2.20. The van der Waals surface area contributed by atoms with E-state index < -0.39 is 0 Å². The third kappa shape index (κ3) is 2.54. The number of rotatable bonds is 2. The summed E-state index contributed by atoms with van der Waals surface area (Å²) in [7, 11) is 1.61. The molecule has 0 bridgehead atoms. The lowest BCUT2D eigenvalue weighted by Crippen LogP contribution is -2.21. The highest BCUT2D eigenvalue weighted by Gasteiger charge is 2.29. The number of anilines is 1. The van der Waals surface area contributed by atoms with Crippen molar-refractivity contribution in [1.82, 2.24) is 0 Å². The number of hydrogen-bond donors (Lipinski definition) is 1. The van der Waals surface area contributed by atoms with Crippen LogP contribution in [0.15, 0.2) is 36.4 Å². The van der Waals surface area contributed by atoms with Crippen LogP contribution in [0.1, 0.15) is 28.4 Å². The van der Waals surface area contributed by atoms with Crippen molar-refractivity contribution in [3.63, 3.8) is 0 Å². The minimum absolute atomic E-state index is 0.0220. The zero-order chi connectivity index (χ0) is 15.0. The zero-order valence-corrected chi connectivity index (χ0v) is 12.2. The van der Waals surface area contributed by atoms with Gasteiger partial charge >= 0.3 is 0 Å². The Balaban J connectivity index is 1.95. The number of benzene rings is 2. The van der Waals surface area contributed by atoms with E-state index in [0.717, 1.165) is 11.3 Å². The van der Waals surface area contributed by atoms with Crippen LogP contribution in [0, 0.1) is 0 Å². The van der Waals surface area contributed by atoms with E-state index in [0.29, 0.717) is 22.0 Å². The van der Waals surface area contributed by atoms with Gasteiger partial charge in [-0.15, -0.1) is 0 Å². The Labute approximate surface area is 127 Å². The number of carbonyl (C=O) groups excluding carboxylic acids is 1. The Kier molecular flexibility index (Phi) is 3.47. The third-order valence-electron chi connectivity index (χ3n) is 3.50. The molecule has 0 fully saturated rings. The topological polar surface area (TPSA) is 61.5 Å². The fraction of sp³-hybridized carbons (Fsp3) is 0.188. The first-order valence-electron chi connectivity index (χ1n) is 6.51. The molecule has 0 aromatic heterocycles. The summed E-state index contributed by atoms with van der Waals surface area (Å²) in [4.78, 5) is 12.3. The van der Waals surface area contributed by atoms with E-state index >= 15 is 0 Å². The van der Waals surface area contributed by atoms with Gasteiger partial charge in [-0.1, -0.05) is 23.7 Å². The molecule has 2 aromatic rings. The Morgan fingerprint density at radius 3 is 2.67 bits per heavy atom. The largest absolute Gasteiger partial charge is 0.497 e. The van der Waals surface area contributed by atoms with Crippen LogP contribution < -0.4 is 15.2 Å². The number of hydrogen-bond acceptors (Lipinski definition) is 4. The monoisotopic (exact) mass is 303 g/mol. The van der Waals surface area contributed by atoms with Crippen LogP contribution in [0.3, 0.4) is 0 Å². The van der Waals surface area contributed by atoms with Gasteiger partial charge in [0.25, 0.3) is 0 Å². The van der Waals surface area contributed by atoms with Gasteiger partial charge < -0.3 is 15.2 Å². The number of carbonyl (C=O) groups is 1. The molecule has 1 heterocycles. The van der Waals surface area contributed by atoms with E-state index in [1.165, 1.54) is 0 Å². The van der Waals surface area contributed by atoms with Crippen molar-refractivity contribution in [3.8, 4) is 11.5 Å². The van der Waals surface area contributed by atoms with Crippen LogP contribution in [-0.4, -0.2) is 12.9 Å². The van der Waals surface area contributed by atoms with Crippen LogP contribution in [0.4, 0.5) is 5.69 Å². The minimum Gasteiger partial charge on any atom is -0.497 e. The summed E-state index contributed by atoms with van der Waals surface area (Å²) in [6, 6.07) is 10.6. The molecule has 1 aliphatic heterocycles. The van der Waals surface area contributed by atoms with Gasteiger partial charge in [0.15, 0.2) is 11.5 Å². The molecule has 1 atom stereocenters. The normalized spacial score (nSPS) is 17.0. The number of Topliss-reactive ketones (excluding diaryl/α,β-unsaturated/α-hetero) is 1. The molecule has 5 heteroatoms. The van der Waals surface area contributed by atoms with Crippen LogP contribution in [0.5, 0.6) is 11.5 Å². The highest BCUT2D eigenvalue weighted by molar-refractivity contribution is 6.31. The van der Waals surface area contributed by atoms with Crippen molar-refractivity contribution in [3.05, 3.63) is 52.5 Å². The second-order valence-electron chi connectivity index (χ2n) is 4.88. The van der Waals surface area contributed by atoms with E-state index in [1.54, 1.807) is 19.2 Å². The van der Waals surface area contributed by atoms with E-state index in [1.807, 2.05) is 24.3 Å². The molecule has 4 nitrogen and oxygen atoms in total. The van der Waals surface area contributed by atoms with Crippen molar-refractivity contribution in [2.45, 2.75) is 12.5 Å². The van der Waals surface area contributed by atoms with Crippen molar-refractivity contribution in [2.24, 2.45) is 0 Å². The highest BCUT2D eigenvalue weighted by atomic mass is 35.5. The third-order valence-corrected chi connectivity index (χ3v) is 3.72. The first-order valence-corrected chi connectivity index (χ1v) is 6.89. The maximum absolute atomic E-state index is 12.3. The fourth-order valence-corrected chi connectivity index (χ4v) is 2.65. The zero-order valence-electron chi connectivity index (χ0n) is 11.4. The van der Waals surface area contributed by atoms with Crippen molar-refractivity contribution in [1.29, 1.82) is 0 Å². The molecule has 3 rings (SSSR count). The summed E-state index contributed by atoms with van der Waals surface area (Å²) in [6.07, 6.45) is -0.0848. The molecule has 21 heavy (non-hydrogen) atoms. The van der Waals surface area contributed by atoms with E-state index in [-0.39, 0.29) is 18.3 Å². The first kappa shape index (κ1) is 13.8. The molecule has 1 unspecified atom stereocenters. The summed E-state index contributed by atoms with van der Waals surface area (Å²) in [5.41, 5.74) is 7.64. The molecule has 0 amide bonds. The number of ketones is 1. The number of ether oxygens (including phenoxy) is 2. The Bertz CT molecular complexity index is 697. The lowest BCUT2D eigenvalue weighted by molar-refractivity contribution is 0.0851. The standard InChI is InChI=1S/C16H14ClNO3/c1-20-11-4-2-9(3-5-11)15-8-14(19)12-6-10(17)7-13(18)16(12)21-15/h2-7,15H,8,18H2,1H3. The molecule has 0 saturated heterocycles. The lowest BCUT2D eigenvalue weighted by Gasteiger charge is -2.26. The molecule has 2 N–H and O–H groups in total. The Morgan fingerprint density at radius 2 is 2.00 bits per heavy atom. The molecule has 2 aromatic carbocycles. The fourth-order valence-electron chi connectivity index (χ4n) is 2.42. The molecular weight excluding hydrogens is 290 g/mol. The molecule has 1 aliphatic rings. The van der Waals surface area contributed by atoms with Crippen molar-refractivity contribution < 1.29 is 14.3 Å². The molecule has 0 saturated carbocycles. The predicted molar refractivity (Wildman–Crippen MR) is 81.2 cm³/mol. The smallest absolute Gasteiger partial charge is 0.170 e. The number of halogens is 1. The maximum atomic E-state index is 12.3. The van der Waals surface area contributed by atoms with Crippen molar-refractivity contribution in [2.75, 3.05) is 12.8 Å². The van der Waals surface area contributed by atoms with E-state index in [2.05, 4.69) is 0 Å². The summed E-state index contributed by atoms with van der Waals surface area (Å²) < 4.78 is 11.0. The predicted octanol–water partition coefficient (Wildman–Crippen LogP) is 3.64. The first-order chi connectivity index (χ1) is 10.1. The van der Waals surface area contributed by atoms with Gasteiger partial charge in [0.2, 0.25) is 0 Å². The molecule has 108 valence electrons. The highest BCUT2D eigenvalue weighted by Crippen LogP contribution is 2.40. The average Bonchev–Trinajstić information content (AvgIpc) is 2.48. The summed E-state index contributed by atoms with van der Waals surface area (Å²) >= 11 is 5.93. The van der Waals surface area contributed by atoms with Gasteiger partial charge in [0, 0.05) is 5.02 Å². The number of nitrogen functional groups attached to an aromatic ring is 1. The molecular formula is C16H14ClNO3. The molecule has 0 aliphatic carbocycles. The SMILES string of the molecule is COc1ccc(C2CC(=O)c3cc(Cl)cc(N)c3O2)cc1. The second kappa shape index (κ2) is 5.30. The van der Waals surface area contributed by atoms with Gasteiger partial charge in [0.1, 0.15) is 11.9 Å². The quantitative estimate of drug-likeness (QED) is 0.860. The number of methoxy groups -OCH3 is 1. The average molecular weight is 304 g/mol. The minimum atomic E-state index is -0.348. The van der Waals surface area contributed by atoms with Crippen LogP contribution in [0.2, 0.25) is 5.02 Å². The van der Waals surface area contributed by atoms with Gasteiger partial charge in [0.05, 0.1) is 24.8 Å². The lowest BCUT2D eigenvalue weighted by atomic mass is 9.95.